The van der Waals surface area contributed by atoms with Gasteiger partial charge in [0.1, 0.15) is 0 Å². The van der Waals surface area contributed by atoms with Crippen molar-refractivity contribution < 1.29 is 0 Å². The summed E-state index contributed by atoms with van der Waals surface area (Å²) in [5.41, 5.74) is 7.24. The standard InChI is InChI=1S/C8H10N2/c1-7(6-9)8-4-2-3-5-10-8/h2-6H,9H2,1H3. The van der Waals surface area contributed by atoms with Gasteiger partial charge in [-0.25, -0.2) is 0 Å². The highest BCUT2D eigenvalue weighted by molar-refractivity contribution is 5.59. The van der Waals surface area contributed by atoms with Crippen molar-refractivity contribution in [2.24, 2.45) is 5.73 Å². The van der Waals surface area contributed by atoms with Crippen LogP contribution < -0.4 is 5.73 Å². The summed E-state index contributed by atoms with van der Waals surface area (Å²) < 4.78 is 0. The van der Waals surface area contributed by atoms with Crippen LogP contribution in [0.25, 0.3) is 5.57 Å². The van der Waals surface area contributed by atoms with Crippen LogP contribution in [0.15, 0.2) is 30.6 Å². The van der Waals surface area contributed by atoms with E-state index in [1.165, 1.54) is 0 Å². The molecule has 0 fully saturated rings. The smallest absolute Gasteiger partial charge is 0.0673 e. The van der Waals surface area contributed by atoms with Crippen LogP contribution in [-0.2, 0) is 0 Å². The number of nitrogens with two attached hydrogens (primary N) is 1. The van der Waals surface area contributed by atoms with Gasteiger partial charge in [0.05, 0.1) is 5.69 Å². The molecule has 0 atom stereocenters. The molecule has 1 rings (SSSR count). The molecule has 2 N–H and O–H groups in total. The number of hydrogen-bond acceptors (Lipinski definition) is 2. The van der Waals surface area contributed by atoms with Gasteiger partial charge in [-0.15, -0.1) is 0 Å². The Morgan fingerprint density at radius 3 is 2.90 bits per heavy atom. The third-order valence-corrected chi connectivity index (χ3v) is 1.32. The highest BCUT2D eigenvalue weighted by Crippen LogP contribution is 2.06. The first-order valence-electron chi connectivity index (χ1n) is 3.14. The minimum absolute atomic E-state index is 0.935. The molecule has 0 aromatic carbocycles. The molecule has 1 aromatic rings. The molecule has 0 aliphatic heterocycles. The van der Waals surface area contributed by atoms with E-state index in [0.717, 1.165) is 11.3 Å². The Bertz CT molecular complexity index is 226. The summed E-state index contributed by atoms with van der Waals surface area (Å²) in [6.45, 7) is 1.93. The molecule has 2 nitrogen and oxygen atoms in total. The maximum Gasteiger partial charge on any atom is 0.0673 e. The molecule has 0 aliphatic carbocycles. The van der Waals surface area contributed by atoms with E-state index in [1.54, 1.807) is 12.4 Å². The summed E-state index contributed by atoms with van der Waals surface area (Å²) in [6.07, 6.45) is 3.31. The molecular formula is C8H10N2. The van der Waals surface area contributed by atoms with Gasteiger partial charge in [-0.3, -0.25) is 4.98 Å². The molecule has 0 unspecified atom stereocenters. The molecule has 2 heteroatoms. The van der Waals surface area contributed by atoms with E-state index in [-0.39, 0.29) is 0 Å². The van der Waals surface area contributed by atoms with E-state index in [9.17, 15) is 0 Å². The van der Waals surface area contributed by atoms with Gasteiger partial charge < -0.3 is 5.73 Å². The number of aromatic nitrogens is 1. The number of rotatable bonds is 1. The molecule has 0 amide bonds. The minimum atomic E-state index is 0.935. The summed E-state index contributed by atoms with van der Waals surface area (Å²) in [5.74, 6) is 0. The Morgan fingerprint density at radius 1 is 1.60 bits per heavy atom. The zero-order chi connectivity index (χ0) is 7.40. The summed E-state index contributed by atoms with van der Waals surface area (Å²) in [6, 6.07) is 5.75. The van der Waals surface area contributed by atoms with Crippen molar-refractivity contribution in [1.82, 2.24) is 4.98 Å². The normalized spacial score (nSPS) is 11.5. The van der Waals surface area contributed by atoms with E-state index in [4.69, 9.17) is 5.73 Å². The maximum absolute atomic E-state index is 5.30. The van der Waals surface area contributed by atoms with Crippen molar-refractivity contribution in [2.75, 3.05) is 0 Å². The summed E-state index contributed by atoms with van der Waals surface area (Å²) in [5, 5.41) is 0. The maximum atomic E-state index is 5.30. The van der Waals surface area contributed by atoms with Crippen molar-refractivity contribution in [2.45, 2.75) is 6.92 Å². The first-order valence-corrected chi connectivity index (χ1v) is 3.14. The van der Waals surface area contributed by atoms with Gasteiger partial charge in [-0.1, -0.05) is 6.07 Å². The van der Waals surface area contributed by atoms with Gasteiger partial charge in [-0.2, -0.15) is 0 Å². The van der Waals surface area contributed by atoms with Crippen LogP contribution in [0.1, 0.15) is 12.6 Å². The molecule has 0 spiro atoms. The predicted molar refractivity (Wildman–Crippen MR) is 42.1 cm³/mol. The monoisotopic (exact) mass is 134 g/mol. The molecular weight excluding hydrogens is 124 g/mol. The first kappa shape index (κ1) is 6.81. The fraction of sp³-hybridized carbons (Fsp3) is 0.125. The minimum Gasteiger partial charge on any atom is -0.404 e. The van der Waals surface area contributed by atoms with Gasteiger partial charge in [0, 0.05) is 6.20 Å². The third kappa shape index (κ3) is 1.35. The largest absolute Gasteiger partial charge is 0.404 e. The molecule has 0 aliphatic rings. The molecule has 1 heterocycles. The van der Waals surface area contributed by atoms with Gasteiger partial charge in [0.2, 0.25) is 0 Å². The van der Waals surface area contributed by atoms with Gasteiger partial charge >= 0.3 is 0 Å². The van der Waals surface area contributed by atoms with Crippen molar-refractivity contribution in [3.8, 4) is 0 Å². The Labute approximate surface area is 60.4 Å². The highest BCUT2D eigenvalue weighted by atomic mass is 14.7. The Morgan fingerprint density at radius 2 is 2.40 bits per heavy atom. The van der Waals surface area contributed by atoms with Gasteiger partial charge in [-0.05, 0) is 30.8 Å². The molecule has 0 saturated carbocycles. The Kier molecular flexibility index (Phi) is 2.05. The fourth-order valence-electron chi connectivity index (χ4n) is 0.681. The van der Waals surface area contributed by atoms with E-state index in [0.29, 0.717) is 0 Å². The second-order valence-corrected chi connectivity index (χ2v) is 2.06. The molecule has 0 radical (unpaired) electrons. The molecule has 0 bridgehead atoms. The molecule has 1 aromatic heterocycles. The van der Waals surface area contributed by atoms with Crippen LogP contribution in [0.5, 0.6) is 0 Å². The number of allylic oxidation sites excluding steroid dienone is 1. The topological polar surface area (TPSA) is 38.9 Å². The second kappa shape index (κ2) is 3.01. The SMILES string of the molecule is CC(=CN)c1ccccn1. The zero-order valence-electron chi connectivity index (χ0n) is 5.91. The van der Waals surface area contributed by atoms with Crippen molar-refractivity contribution in [3.05, 3.63) is 36.3 Å². The Balaban J connectivity index is 2.96. The van der Waals surface area contributed by atoms with E-state index >= 15 is 0 Å². The lowest BCUT2D eigenvalue weighted by Gasteiger charge is -1.95. The van der Waals surface area contributed by atoms with Crippen molar-refractivity contribution >= 4 is 5.57 Å². The van der Waals surface area contributed by atoms with Crippen LogP contribution in [0, 0.1) is 0 Å². The first-order chi connectivity index (χ1) is 4.84. The van der Waals surface area contributed by atoms with Crippen LogP contribution in [0.3, 0.4) is 0 Å². The number of pyridine rings is 1. The van der Waals surface area contributed by atoms with E-state index in [1.807, 2.05) is 25.1 Å². The lowest BCUT2D eigenvalue weighted by molar-refractivity contribution is 1.26. The summed E-state index contributed by atoms with van der Waals surface area (Å²) in [4.78, 5) is 4.10. The van der Waals surface area contributed by atoms with E-state index < -0.39 is 0 Å². The highest BCUT2D eigenvalue weighted by Gasteiger charge is 1.91. The quantitative estimate of drug-likeness (QED) is 0.630. The van der Waals surface area contributed by atoms with Crippen LogP contribution in [-0.4, -0.2) is 4.98 Å². The lowest BCUT2D eigenvalue weighted by Crippen LogP contribution is -1.87. The second-order valence-electron chi connectivity index (χ2n) is 2.06. The average Bonchev–Trinajstić information content (AvgIpc) is 2.05. The fourth-order valence-corrected chi connectivity index (χ4v) is 0.681. The average molecular weight is 134 g/mol. The van der Waals surface area contributed by atoms with Gasteiger partial charge in [0.15, 0.2) is 0 Å². The molecule has 52 valence electrons. The third-order valence-electron chi connectivity index (χ3n) is 1.32. The lowest BCUT2D eigenvalue weighted by atomic mass is 10.2. The van der Waals surface area contributed by atoms with Crippen LogP contribution >= 0.6 is 0 Å². The number of nitrogens with zero attached hydrogens (tertiary/aromatic N) is 1. The van der Waals surface area contributed by atoms with Gasteiger partial charge in [0.25, 0.3) is 0 Å². The molecule has 0 saturated heterocycles. The predicted octanol–water partition coefficient (Wildman–Crippen LogP) is 1.40. The Hall–Kier alpha value is -1.31. The zero-order valence-corrected chi connectivity index (χ0v) is 5.91. The number of hydrogen-bond donors (Lipinski definition) is 1. The summed E-state index contributed by atoms with van der Waals surface area (Å²) >= 11 is 0. The van der Waals surface area contributed by atoms with Crippen molar-refractivity contribution in [1.29, 1.82) is 0 Å². The molecule has 10 heavy (non-hydrogen) atoms. The van der Waals surface area contributed by atoms with Crippen LogP contribution in [0.4, 0.5) is 0 Å². The van der Waals surface area contributed by atoms with Crippen molar-refractivity contribution in [3.63, 3.8) is 0 Å². The summed E-state index contributed by atoms with van der Waals surface area (Å²) in [7, 11) is 0. The van der Waals surface area contributed by atoms with E-state index in [2.05, 4.69) is 4.98 Å². The van der Waals surface area contributed by atoms with Crippen LogP contribution in [0.2, 0.25) is 0 Å².